The summed E-state index contributed by atoms with van der Waals surface area (Å²) in [6, 6.07) is 18.7. The Hall–Kier alpha value is -5.24. The Labute approximate surface area is 303 Å². The lowest BCUT2D eigenvalue weighted by atomic mass is 9.89. The normalized spacial score (nSPS) is 14.1. The van der Waals surface area contributed by atoms with E-state index in [1.165, 1.54) is 54.0 Å². The summed E-state index contributed by atoms with van der Waals surface area (Å²) in [6.07, 6.45) is 19.8. The van der Waals surface area contributed by atoms with E-state index >= 15 is 0 Å². The summed E-state index contributed by atoms with van der Waals surface area (Å²) >= 11 is 0. The third-order valence-electron chi connectivity index (χ3n) is 9.88. The van der Waals surface area contributed by atoms with Gasteiger partial charge in [0, 0.05) is 52.1 Å². The Kier molecular flexibility index (Phi) is 12.8. The Bertz CT molecular complexity index is 2020. The minimum Gasteiger partial charge on any atom is -0.384 e. The maximum Gasteiger partial charge on any atom is 0.141 e. The summed E-state index contributed by atoms with van der Waals surface area (Å²) < 4.78 is 4.31. The average Bonchev–Trinajstić information content (AvgIpc) is 3.73. The zero-order valence-electron chi connectivity index (χ0n) is 30.6. The van der Waals surface area contributed by atoms with Crippen molar-refractivity contribution in [2.24, 2.45) is 11.7 Å². The molecule has 8 heteroatoms. The molecule has 0 radical (unpaired) electrons. The second-order valence-electron chi connectivity index (χ2n) is 13.6. The molecule has 6 rings (SSSR count). The number of pyridine rings is 1. The van der Waals surface area contributed by atoms with Gasteiger partial charge in [-0.15, -0.1) is 0 Å². The number of nitrogens with one attached hydrogen (secondary N) is 3. The predicted molar refractivity (Wildman–Crippen MR) is 214 cm³/mol. The molecule has 1 saturated carbocycles. The van der Waals surface area contributed by atoms with E-state index in [4.69, 9.17) is 21.5 Å². The highest BCUT2D eigenvalue weighted by Crippen LogP contribution is 2.36. The SMILES string of the molecule is C=CNC(=C)C(CCC)n1c2cccc(CCC)c2c2cccnc21.Cc1ccccc1C(=N)/C=C(\C(=N)N)c1cnn(CC2CCCCC2)c1. The van der Waals surface area contributed by atoms with Crippen LogP contribution in [0.25, 0.3) is 27.5 Å². The molecule has 1 atom stereocenters. The molecule has 1 aliphatic rings. The lowest BCUT2D eigenvalue weighted by Gasteiger charge is -2.23. The molecule has 3 heterocycles. The van der Waals surface area contributed by atoms with Gasteiger partial charge < -0.3 is 21.0 Å². The second-order valence-corrected chi connectivity index (χ2v) is 13.6. The molecule has 0 bridgehead atoms. The molecule has 3 aromatic heterocycles. The van der Waals surface area contributed by atoms with Crippen molar-refractivity contribution in [3.8, 4) is 0 Å². The number of nitrogens with zero attached hydrogens (tertiary/aromatic N) is 4. The average molecular weight is 683 g/mol. The van der Waals surface area contributed by atoms with Gasteiger partial charge in [-0.05, 0) is 80.1 Å². The van der Waals surface area contributed by atoms with Crippen molar-refractivity contribution in [1.29, 1.82) is 10.8 Å². The van der Waals surface area contributed by atoms with Gasteiger partial charge in [-0.2, -0.15) is 5.10 Å². The van der Waals surface area contributed by atoms with Gasteiger partial charge in [0.05, 0.1) is 23.5 Å². The van der Waals surface area contributed by atoms with Gasteiger partial charge in [0.1, 0.15) is 11.5 Å². The van der Waals surface area contributed by atoms with Crippen molar-refractivity contribution in [2.45, 2.75) is 91.1 Å². The number of benzene rings is 2. The van der Waals surface area contributed by atoms with E-state index in [1.807, 2.05) is 54.3 Å². The summed E-state index contributed by atoms with van der Waals surface area (Å²) in [6.45, 7) is 15.4. The molecule has 5 aromatic rings. The van der Waals surface area contributed by atoms with Crippen LogP contribution in [-0.2, 0) is 13.0 Å². The van der Waals surface area contributed by atoms with Crippen molar-refractivity contribution in [2.75, 3.05) is 0 Å². The number of aryl methyl sites for hydroxylation is 2. The molecule has 5 N–H and O–H groups in total. The first kappa shape index (κ1) is 37.0. The lowest BCUT2D eigenvalue weighted by molar-refractivity contribution is 0.308. The highest BCUT2D eigenvalue weighted by atomic mass is 15.3. The van der Waals surface area contributed by atoms with Crippen LogP contribution < -0.4 is 11.1 Å². The standard InChI is InChI=1S/C22H27N3.C21H27N5/c1-5-10-17-12-8-14-20-21(17)18-13-9-15-24-22(18)25(20)19(11-6-2)16(4)23-7-3;1-15-7-5-6-10-18(15)20(22)11-19(21(23)24)17-12-25-26(14-17)13-16-8-3-2-4-9-16/h7-9,12-15,19,23H,3-6,10-11H2,1-2H3;5-7,10-12,14,16,22H,2-4,8-9,13H2,1H3,(H3,23,24)/b;19-11-,22-20?. The molecule has 2 aromatic carbocycles. The topological polar surface area (TPSA) is 121 Å². The van der Waals surface area contributed by atoms with E-state index in [1.54, 1.807) is 18.5 Å². The summed E-state index contributed by atoms with van der Waals surface area (Å²) in [5, 5.41) is 26.6. The van der Waals surface area contributed by atoms with Crippen molar-refractivity contribution < 1.29 is 0 Å². The largest absolute Gasteiger partial charge is 0.384 e. The van der Waals surface area contributed by atoms with Crippen molar-refractivity contribution in [3.63, 3.8) is 0 Å². The Morgan fingerprint density at radius 1 is 1.04 bits per heavy atom. The van der Waals surface area contributed by atoms with Gasteiger partial charge in [0.15, 0.2) is 0 Å². The molecule has 51 heavy (non-hydrogen) atoms. The molecule has 1 fully saturated rings. The van der Waals surface area contributed by atoms with Crippen LogP contribution in [0, 0.1) is 23.7 Å². The number of hydrogen-bond donors (Lipinski definition) is 4. The number of fused-ring (bicyclic) bond motifs is 3. The monoisotopic (exact) mass is 682 g/mol. The van der Waals surface area contributed by atoms with Crippen molar-refractivity contribution in [3.05, 3.63) is 127 Å². The molecular formula is C43H54N8. The molecule has 0 spiro atoms. The van der Waals surface area contributed by atoms with E-state index in [9.17, 15) is 0 Å². The van der Waals surface area contributed by atoms with Crippen LogP contribution in [0.4, 0.5) is 0 Å². The van der Waals surface area contributed by atoms with Crippen LogP contribution in [-0.4, -0.2) is 30.9 Å². The second kappa shape index (κ2) is 17.6. The Morgan fingerprint density at radius 3 is 2.53 bits per heavy atom. The lowest BCUT2D eigenvalue weighted by Crippen LogP contribution is -2.19. The van der Waals surface area contributed by atoms with Crippen LogP contribution >= 0.6 is 0 Å². The Balaban J connectivity index is 0.000000198. The summed E-state index contributed by atoms with van der Waals surface area (Å²) in [5.41, 5.74) is 14.0. The van der Waals surface area contributed by atoms with Gasteiger partial charge in [-0.1, -0.05) is 95.5 Å². The van der Waals surface area contributed by atoms with E-state index in [0.717, 1.165) is 60.3 Å². The highest BCUT2D eigenvalue weighted by molar-refractivity contribution is 6.27. The first-order valence-corrected chi connectivity index (χ1v) is 18.4. The first-order valence-electron chi connectivity index (χ1n) is 18.4. The molecular weight excluding hydrogens is 629 g/mol. The molecule has 1 aliphatic carbocycles. The van der Waals surface area contributed by atoms with Crippen LogP contribution in [0.15, 0.2) is 104 Å². The molecule has 0 amide bonds. The van der Waals surface area contributed by atoms with Crippen molar-refractivity contribution >= 4 is 39.1 Å². The predicted octanol–water partition coefficient (Wildman–Crippen LogP) is 9.89. The van der Waals surface area contributed by atoms with E-state index in [2.05, 4.69) is 66.3 Å². The summed E-state index contributed by atoms with van der Waals surface area (Å²) in [7, 11) is 0. The van der Waals surface area contributed by atoms with Gasteiger partial charge in [0.25, 0.3) is 0 Å². The summed E-state index contributed by atoms with van der Waals surface area (Å²) in [5.74, 6) is 0.645. The smallest absolute Gasteiger partial charge is 0.141 e. The van der Waals surface area contributed by atoms with Crippen molar-refractivity contribution in [1.82, 2.24) is 24.6 Å². The number of rotatable bonds is 14. The number of allylic oxidation sites excluding steroid dienone is 2. The highest BCUT2D eigenvalue weighted by Gasteiger charge is 2.22. The van der Waals surface area contributed by atoms with Crippen LogP contribution in [0.1, 0.15) is 93.5 Å². The van der Waals surface area contributed by atoms with E-state index in [-0.39, 0.29) is 11.9 Å². The van der Waals surface area contributed by atoms with Crippen LogP contribution in [0.3, 0.4) is 0 Å². The molecule has 1 unspecified atom stereocenters. The number of aromatic nitrogens is 4. The minimum atomic E-state index is -0.0412. The quantitative estimate of drug-likeness (QED) is 0.0688. The van der Waals surface area contributed by atoms with Gasteiger partial charge in [-0.3, -0.25) is 10.1 Å². The van der Waals surface area contributed by atoms with Crippen LogP contribution in [0.2, 0.25) is 0 Å². The zero-order valence-corrected chi connectivity index (χ0v) is 30.6. The maximum atomic E-state index is 8.40. The zero-order chi connectivity index (χ0) is 36.3. The molecule has 266 valence electrons. The van der Waals surface area contributed by atoms with Gasteiger partial charge in [-0.25, -0.2) is 4.98 Å². The third kappa shape index (κ3) is 8.74. The van der Waals surface area contributed by atoms with E-state index < -0.39 is 0 Å². The summed E-state index contributed by atoms with van der Waals surface area (Å²) in [4.78, 5) is 4.73. The minimum absolute atomic E-state index is 0.0412. The number of hydrogen-bond acceptors (Lipinski definition) is 5. The molecule has 8 nitrogen and oxygen atoms in total. The fourth-order valence-corrected chi connectivity index (χ4v) is 7.40. The van der Waals surface area contributed by atoms with E-state index in [0.29, 0.717) is 17.2 Å². The fraction of sp³-hybridized carbons (Fsp3) is 0.349. The van der Waals surface area contributed by atoms with Gasteiger partial charge in [0.2, 0.25) is 0 Å². The number of nitrogens with two attached hydrogens (primary N) is 1. The van der Waals surface area contributed by atoms with Crippen LogP contribution in [0.5, 0.6) is 0 Å². The Morgan fingerprint density at radius 2 is 1.82 bits per heavy atom. The maximum absolute atomic E-state index is 8.40. The number of amidine groups is 1. The molecule has 0 saturated heterocycles. The van der Waals surface area contributed by atoms with Gasteiger partial charge >= 0.3 is 0 Å². The first-order chi connectivity index (χ1) is 24.8. The third-order valence-corrected chi connectivity index (χ3v) is 9.88. The molecule has 0 aliphatic heterocycles. The fourth-order valence-electron chi connectivity index (χ4n) is 7.40.